The number of rotatable bonds is 9. The molecule has 0 spiro atoms. The number of anilines is 1. The molecule has 0 bridgehead atoms. The number of halogens is 3. The van der Waals surface area contributed by atoms with E-state index in [0.717, 1.165) is 34.9 Å². The highest BCUT2D eigenvalue weighted by molar-refractivity contribution is 6.36. The van der Waals surface area contributed by atoms with E-state index in [1.165, 1.54) is 11.1 Å². The van der Waals surface area contributed by atoms with Crippen molar-refractivity contribution in [3.63, 3.8) is 0 Å². The van der Waals surface area contributed by atoms with Gasteiger partial charge < -0.3 is 10.1 Å². The van der Waals surface area contributed by atoms with Crippen LogP contribution in [0.1, 0.15) is 48.8 Å². The van der Waals surface area contributed by atoms with E-state index in [-0.39, 0.29) is 18.8 Å². The van der Waals surface area contributed by atoms with Crippen LogP contribution in [-0.4, -0.2) is 29.4 Å². The minimum absolute atomic E-state index is 0.0740. The molecular formula is C26H28Cl2FN3O. The van der Waals surface area contributed by atoms with Crippen molar-refractivity contribution in [3.8, 4) is 11.3 Å². The van der Waals surface area contributed by atoms with Crippen LogP contribution in [0.15, 0.2) is 42.5 Å². The molecule has 0 aliphatic heterocycles. The summed E-state index contributed by atoms with van der Waals surface area (Å²) in [6.45, 7) is 4.14. The van der Waals surface area contributed by atoms with Crippen molar-refractivity contribution in [3.05, 3.63) is 75.0 Å². The maximum absolute atomic E-state index is 12.7. The molecule has 1 heterocycles. The van der Waals surface area contributed by atoms with Crippen LogP contribution in [0, 0.1) is 0 Å². The third-order valence-corrected chi connectivity index (χ3v) is 6.53. The summed E-state index contributed by atoms with van der Waals surface area (Å²) < 4.78 is 18.7. The molecule has 1 N–H and O–H groups in total. The summed E-state index contributed by atoms with van der Waals surface area (Å²) in [5.41, 5.74) is 5.76. The van der Waals surface area contributed by atoms with Gasteiger partial charge in [-0.1, -0.05) is 61.3 Å². The van der Waals surface area contributed by atoms with Crippen molar-refractivity contribution in [2.45, 2.75) is 51.7 Å². The smallest absolute Gasteiger partial charge is 0.148 e. The Hall–Kier alpha value is -2.21. The molecule has 4 nitrogen and oxygen atoms in total. The molecule has 1 aromatic heterocycles. The number of benzene rings is 2. The molecule has 7 heteroatoms. The minimum atomic E-state index is -0.377. The summed E-state index contributed by atoms with van der Waals surface area (Å²) in [6, 6.07) is 13.7. The molecule has 0 saturated carbocycles. The number of fused-ring (bicyclic) bond motifs is 1. The molecule has 0 amide bonds. The molecule has 0 saturated heterocycles. The van der Waals surface area contributed by atoms with Crippen molar-refractivity contribution >= 4 is 29.0 Å². The molecule has 3 aromatic rings. The summed E-state index contributed by atoms with van der Waals surface area (Å²) >= 11 is 12.6. The number of alkyl halides is 1. The van der Waals surface area contributed by atoms with Crippen molar-refractivity contribution in [1.29, 1.82) is 0 Å². The number of hydrogen-bond acceptors (Lipinski definition) is 4. The molecule has 0 unspecified atom stereocenters. The number of aromatic nitrogens is 2. The minimum Gasteiger partial charge on any atom is -0.375 e. The quantitative estimate of drug-likeness (QED) is 0.329. The van der Waals surface area contributed by atoms with Gasteiger partial charge in [0.15, 0.2) is 0 Å². The Bertz CT molecular complexity index is 1120. The van der Waals surface area contributed by atoms with Crippen molar-refractivity contribution < 1.29 is 9.13 Å². The standard InChI is InChI=1S/C26H28Cl2FN3O/c1-3-21-24(19-11-10-17(27)15-20(19)28)30-22(4-2)26(31-21)32-25-18-9-6-5-8-16(18)14-23(25)33-13-7-12-29/h5-6,8-11,15,23,25H,3-4,7,12-14H2,1-2H3,(H,31,32)/t23-,25+/m0/s1. The summed E-state index contributed by atoms with van der Waals surface area (Å²) in [4.78, 5) is 9.97. The zero-order valence-electron chi connectivity index (χ0n) is 18.9. The van der Waals surface area contributed by atoms with Gasteiger partial charge in [0.2, 0.25) is 0 Å². The average Bonchev–Trinajstić information content (AvgIpc) is 3.16. The molecule has 0 radical (unpaired) electrons. The van der Waals surface area contributed by atoms with Gasteiger partial charge in [-0.2, -0.15) is 0 Å². The Balaban J connectivity index is 1.70. The maximum atomic E-state index is 12.7. The zero-order valence-corrected chi connectivity index (χ0v) is 20.4. The molecular weight excluding hydrogens is 460 g/mol. The van der Waals surface area contributed by atoms with E-state index in [1.807, 2.05) is 24.3 Å². The molecule has 33 heavy (non-hydrogen) atoms. The number of nitrogens with zero attached hydrogens (tertiary/aromatic N) is 2. The fourth-order valence-electron chi connectivity index (χ4n) is 4.33. The maximum Gasteiger partial charge on any atom is 0.148 e. The second kappa shape index (κ2) is 10.8. The number of nitrogens with one attached hydrogen (secondary N) is 1. The van der Waals surface area contributed by atoms with Crippen LogP contribution in [0.5, 0.6) is 0 Å². The largest absolute Gasteiger partial charge is 0.375 e. The second-order valence-electron chi connectivity index (χ2n) is 8.12. The van der Waals surface area contributed by atoms with E-state index in [1.54, 1.807) is 6.07 Å². The number of ether oxygens (including phenoxy) is 1. The third-order valence-electron chi connectivity index (χ3n) is 5.98. The van der Waals surface area contributed by atoms with Crippen molar-refractivity contribution in [2.75, 3.05) is 18.6 Å². The lowest BCUT2D eigenvalue weighted by atomic mass is 10.1. The van der Waals surface area contributed by atoms with Gasteiger partial charge in [0.25, 0.3) is 0 Å². The van der Waals surface area contributed by atoms with Gasteiger partial charge in [0, 0.05) is 23.6 Å². The van der Waals surface area contributed by atoms with E-state index in [2.05, 4.69) is 31.3 Å². The van der Waals surface area contributed by atoms with E-state index in [4.69, 9.17) is 37.9 Å². The van der Waals surface area contributed by atoms with E-state index in [0.29, 0.717) is 35.9 Å². The van der Waals surface area contributed by atoms with E-state index < -0.39 is 0 Å². The van der Waals surface area contributed by atoms with Gasteiger partial charge >= 0.3 is 0 Å². The van der Waals surface area contributed by atoms with Gasteiger partial charge in [0.1, 0.15) is 5.82 Å². The Morgan fingerprint density at radius 2 is 1.85 bits per heavy atom. The first-order chi connectivity index (χ1) is 16.0. The molecule has 174 valence electrons. The van der Waals surface area contributed by atoms with Crippen LogP contribution in [-0.2, 0) is 24.0 Å². The van der Waals surface area contributed by atoms with Gasteiger partial charge in [-0.3, -0.25) is 4.39 Å². The highest BCUT2D eigenvalue weighted by Gasteiger charge is 2.34. The fourth-order valence-corrected chi connectivity index (χ4v) is 4.83. The lowest BCUT2D eigenvalue weighted by Crippen LogP contribution is -2.26. The van der Waals surface area contributed by atoms with Crippen LogP contribution < -0.4 is 5.32 Å². The lowest BCUT2D eigenvalue weighted by Gasteiger charge is -2.24. The van der Waals surface area contributed by atoms with E-state index >= 15 is 0 Å². The molecule has 0 fully saturated rings. The average molecular weight is 488 g/mol. The SMILES string of the molecule is CCc1nc(-c2ccc(Cl)cc2Cl)c(CC)nc1N[C@@H]1c2ccccc2C[C@@H]1OCCCF. The summed E-state index contributed by atoms with van der Waals surface area (Å²) in [5.74, 6) is 0.754. The van der Waals surface area contributed by atoms with E-state index in [9.17, 15) is 4.39 Å². The Kier molecular flexibility index (Phi) is 7.84. The van der Waals surface area contributed by atoms with Gasteiger partial charge in [-0.15, -0.1) is 0 Å². The highest BCUT2D eigenvalue weighted by Crippen LogP contribution is 2.38. The molecule has 1 aliphatic rings. The summed E-state index contributed by atoms with van der Waals surface area (Å²) in [7, 11) is 0. The third kappa shape index (κ3) is 5.16. The summed E-state index contributed by atoms with van der Waals surface area (Å²) in [6.07, 6.45) is 2.51. The second-order valence-corrected chi connectivity index (χ2v) is 8.97. The van der Waals surface area contributed by atoms with Gasteiger partial charge in [-0.25, -0.2) is 9.97 Å². The topological polar surface area (TPSA) is 47.0 Å². The molecule has 4 rings (SSSR count). The van der Waals surface area contributed by atoms with Crippen LogP contribution >= 0.6 is 23.2 Å². The normalized spacial score (nSPS) is 17.2. The Labute approximate surface area is 204 Å². The Morgan fingerprint density at radius 1 is 1.06 bits per heavy atom. The number of aryl methyl sites for hydroxylation is 2. The zero-order chi connectivity index (χ0) is 23.4. The van der Waals surface area contributed by atoms with Crippen LogP contribution in [0.25, 0.3) is 11.3 Å². The predicted octanol–water partition coefficient (Wildman–Crippen LogP) is 7.03. The first kappa shape index (κ1) is 23.9. The lowest BCUT2D eigenvalue weighted by molar-refractivity contribution is 0.0437. The molecule has 2 atom stereocenters. The van der Waals surface area contributed by atoms with Crippen LogP contribution in [0.3, 0.4) is 0 Å². The first-order valence-corrected chi connectivity index (χ1v) is 12.2. The van der Waals surface area contributed by atoms with Crippen LogP contribution in [0.2, 0.25) is 10.0 Å². The molecule has 1 aliphatic carbocycles. The van der Waals surface area contributed by atoms with Crippen molar-refractivity contribution in [1.82, 2.24) is 9.97 Å². The first-order valence-electron chi connectivity index (χ1n) is 11.4. The fraction of sp³-hybridized carbons (Fsp3) is 0.385. The van der Waals surface area contributed by atoms with Gasteiger partial charge in [-0.05, 0) is 48.6 Å². The van der Waals surface area contributed by atoms with Crippen LogP contribution in [0.4, 0.5) is 10.2 Å². The summed E-state index contributed by atoms with van der Waals surface area (Å²) in [5, 5.41) is 4.77. The Morgan fingerprint density at radius 3 is 2.58 bits per heavy atom. The molecule has 2 aromatic carbocycles. The van der Waals surface area contributed by atoms with Crippen molar-refractivity contribution in [2.24, 2.45) is 0 Å². The highest BCUT2D eigenvalue weighted by atomic mass is 35.5. The van der Waals surface area contributed by atoms with Gasteiger partial charge in [0.05, 0.1) is 40.9 Å². The monoisotopic (exact) mass is 487 g/mol. The predicted molar refractivity (Wildman–Crippen MR) is 133 cm³/mol. The number of hydrogen-bond donors (Lipinski definition) is 1.